The number of hydrogen-bond donors (Lipinski definition) is 0. The second-order valence-corrected chi connectivity index (χ2v) is 21.9. The molecule has 4 heteroatoms. The van der Waals surface area contributed by atoms with Crippen LogP contribution in [0.2, 0.25) is 0 Å². The first-order chi connectivity index (χ1) is 33.4. The zero-order chi connectivity index (χ0) is 47.0. The van der Waals surface area contributed by atoms with Gasteiger partial charge in [-0.2, -0.15) is 0 Å². The smallest absolute Gasteiger partial charge is 0.366 e. The van der Waals surface area contributed by atoms with Gasteiger partial charge in [0.15, 0.2) is 0 Å². The van der Waals surface area contributed by atoms with Crippen LogP contribution in [-0.4, -0.2) is 0 Å². The summed E-state index contributed by atoms with van der Waals surface area (Å²) in [5.74, 6) is 5.02. The van der Waals surface area contributed by atoms with Crippen LogP contribution in [-0.2, 0) is 44.8 Å². The van der Waals surface area contributed by atoms with Crippen molar-refractivity contribution >= 4 is 90.8 Å². The van der Waals surface area contributed by atoms with Gasteiger partial charge < -0.3 is 12.8 Å². The molecule has 0 aliphatic heterocycles. The fourth-order valence-electron chi connectivity index (χ4n) is 9.52. The number of fused-ring (bicyclic) bond motifs is 6. The Bertz CT molecular complexity index is 3360. The summed E-state index contributed by atoms with van der Waals surface area (Å²) in [6.45, 7) is 9.09. The first-order valence-corrected chi connectivity index (χ1v) is 26.1. The maximum absolute atomic E-state index is 7.35. The summed E-state index contributed by atoms with van der Waals surface area (Å²) >= 11 is 0. The first kappa shape index (κ1) is 51.8. The second-order valence-electron chi connectivity index (χ2n) is 17.2. The molecule has 0 fully saturated rings. The zero-order valence-electron chi connectivity index (χ0n) is 39.5. The molecule has 0 bridgehead atoms. The number of hydrogen-bond acceptors (Lipinski definition) is 0. The van der Waals surface area contributed by atoms with Crippen molar-refractivity contribution in [3.05, 3.63) is 277 Å². The van der Waals surface area contributed by atoms with Crippen molar-refractivity contribution in [2.24, 2.45) is 0 Å². The molecule has 0 N–H and O–H groups in total. The molecule has 0 spiro atoms. The third-order valence-electron chi connectivity index (χ3n) is 12.9. The van der Waals surface area contributed by atoms with Crippen LogP contribution in [0.1, 0.15) is 33.4 Å². The molecule has 11 aromatic carbocycles. The van der Waals surface area contributed by atoms with E-state index in [0.29, 0.717) is 0 Å². The van der Waals surface area contributed by atoms with Gasteiger partial charge >= 0.3 is 44.8 Å². The second kappa shape index (κ2) is 24.2. The molecule has 346 valence electrons. The SMILES string of the molecule is Cc1ccccc1[PH+](c1ccccc1C)c1ccccc1[PH+](c1ccccc1C)c1ccccc1C.[Ag+].[Ag+].[C-]#Cc1cc2ccccc2c2ccccc12.[C-]#Cc1cc2ccccc2c2ccccc12. The van der Waals surface area contributed by atoms with Gasteiger partial charge in [-0.05, 0) is 119 Å². The standard InChI is InChI=1S/C34H32P2.2C16H9.2Ag/c1-25-15-5-9-19-29(25)35(30-20-10-6-16-26(30)2)33-23-13-14-24-34(33)36(31-21-11-7-17-27(31)3)32-22-12-8-18-28(32)4;2*1-2-12-11-13-7-3-4-9-15(13)16-10-6-5-8-14(12)16;;/h5-24H,1-4H3;2*3-11H;;/q;2*-1;2*+1/p+2. The minimum Gasteiger partial charge on any atom is -0.366 e. The molecule has 0 nitrogen and oxygen atoms in total. The molecule has 0 aromatic heterocycles. The number of rotatable bonds is 6. The molecule has 70 heavy (non-hydrogen) atoms. The Morgan fingerprint density at radius 3 is 0.786 bits per heavy atom. The van der Waals surface area contributed by atoms with Gasteiger partial charge in [-0.1, -0.05) is 193 Å². The van der Waals surface area contributed by atoms with Crippen molar-refractivity contribution in [3.63, 3.8) is 0 Å². The van der Waals surface area contributed by atoms with E-state index in [2.05, 4.69) is 197 Å². The largest absolute Gasteiger partial charge is 1.00 e. The van der Waals surface area contributed by atoms with Gasteiger partial charge in [0.05, 0.1) is 0 Å². The molecule has 0 unspecified atom stereocenters. The summed E-state index contributed by atoms with van der Waals surface area (Å²) in [5.41, 5.74) is 7.23. The molecule has 0 saturated carbocycles. The Labute approximate surface area is 448 Å². The molecular formula is C66H52Ag2P2+2. The van der Waals surface area contributed by atoms with Crippen molar-refractivity contribution in [1.29, 1.82) is 0 Å². The Morgan fingerprint density at radius 2 is 0.500 bits per heavy atom. The molecule has 0 heterocycles. The topological polar surface area (TPSA) is 0 Å². The summed E-state index contributed by atoms with van der Waals surface area (Å²) in [5, 5.41) is 18.3. The van der Waals surface area contributed by atoms with E-state index in [0.717, 1.165) is 32.7 Å². The fourth-order valence-corrected chi connectivity index (χ4v) is 16.2. The van der Waals surface area contributed by atoms with Crippen molar-refractivity contribution < 1.29 is 44.8 Å². The van der Waals surface area contributed by atoms with Crippen LogP contribution in [0.15, 0.2) is 231 Å². The average Bonchev–Trinajstić information content (AvgIpc) is 3.39. The van der Waals surface area contributed by atoms with Gasteiger partial charge in [0.2, 0.25) is 0 Å². The van der Waals surface area contributed by atoms with Crippen molar-refractivity contribution in [2.45, 2.75) is 27.7 Å². The van der Waals surface area contributed by atoms with Crippen LogP contribution in [0.4, 0.5) is 0 Å². The third-order valence-corrected chi connectivity index (χ3v) is 19.5. The third kappa shape index (κ3) is 10.9. The van der Waals surface area contributed by atoms with E-state index in [1.807, 2.05) is 72.8 Å². The van der Waals surface area contributed by atoms with E-state index in [9.17, 15) is 0 Å². The van der Waals surface area contributed by atoms with E-state index < -0.39 is 15.8 Å². The van der Waals surface area contributed by atoms with Gasteiger partial charge in [0.25, 0.3) is 0 Å². The van der Waals surface area contributed by atoms with Crippen LogP contribution in [0, 0.1) is 52.4 Å². The molecule has 11 rings (SSSR count). The minimum absolute atomic E-state index is 0. The molecule has 0 radical (unpaired) electrons. The van der Waals surface area contributed by atoms with Crippen LogP contribution in [0.25, 0.3) is 43.1 Å². The molecule has 0 aliphatic rings. The van der Waals surface area contributed by atoms with Gasteiger partial charge in [-0.3, -0.25) is 11.8 Å². The van der Waals surface area contributed by atoms with Crippen LogP contribution < -0.4 is 31.8 Å². The van der Waals surface area contributed by atoms with E-state index >= 15 is 0 Å². The summed E-state index contributed by atoms with van der Waals surface area (Å²) in [6, 6.07) is 82.2. The Balaban J connectivity index is 0.000000175. The minimum atomic E-state index is -1.23. The Morgan fingerprint density at radius 1 is 0.271 bits per heavy atom. The molecule has 0 atom stereocenters. The fraction of sp³-hybridized carbons (Fsp3) is 0.0606. The van der Waals surface area contributed by atoms with Crippen molar-refractivity contribution in [3.8, 4) is 11.8 Å². The molecular weight excluding hydrogens is 1070 g/mol. The average molecular weight is 1120 g/mol. The summed E-state index contributed by atoms with van der Waals surface area (Å²) in [7, 11) is -2.45. The zero-order valence-corrected chi connectivity index (χ0v) is 44.5. The van der Waals surface area contributed by atoms with Gasteiger partial charge in [0, 0.05) is 0 Å². The molecule has 0 aliphatic carbocycles. The predicted molar refractivity (Wildman–Crippen MR) is 301 cm³/mol. The van der Waals surface area contributed by atoms with E-state index in [-0.39, 0.29) is 44.8 Å². The predicted octanol–water partition coefficient (Wildman–Crippen LogP) is 13.8. The Hall–Kier alpha value is -6.08. The monoisotopic (exact) mass is 1120 g/mol. The number of benzene rings is 11. The Kier molecular flexibility index (Phi) is 17.9. The van der Waals surface area contributed by atoms with E-state index in [4.69, 9.17) is 12.8 Å². The maximum atomic E-state index is 7.35. The summed E-state index contributed by atoms with van der Waals surface area (Å²) < 4.78 is 0. The van der Waals surface area contributed by atoms with Crippen LogP contribution in [0.3, 0.4) is 0 Å². The normalized spacial score (nSPS) is 10.6. The summed E-state index contributed by atoms with van der Waals surface area (Å²) in [4.78, 5) is 0. The van der Waals surface area contributed by atoms with Crippen LogP contribution >= 0.6 is 15.8 Å². The quantitative estimate of drug-likeness (QED) is 0.0512. The van der Waals surface area contributed by atoms with Gasteiger partial charge in [0.1, 0.15) is 47.7 Å². The van der Waals surface area contributed by atoms with Gasteiger partial charge in [-0.25, -0.2) is 0 Å². The van der Waals surface area contributed by atoms with Gasteiger partial charge in [-0.15, -0.1) is 23.3 Å². The summed E-state index contributed by atoms with van der Waals surface area (Å²) in [6.07, 6.45) is 14.7. The van der Waals surface area contributed by atoms with E-state index in [1.54, 1.807) is 0 Å². The number of aryl methyl sites for hydroxylation is 4. The maximum Gasteiger partial charge on any atom is 1.00 e. The molecule has 0 saturated heterocycles. The molecule has 11 aromatic rings. The van der Waals surface area contributed by atoms with Crippen molar-refractivity contribution in [2.75, 3.05) is 0 Å². The van der Waals surface area contributed by atoms with Crippen LogP contribution in [0.5, 0.6) is 0 Å². The van der Waals surface area contributed by atoms with E-state index in [1.165, 1.54) is 75.6 Å². The first-order valence-electron chi connectivity index (χ1n) is 23.1. The van der Waals surface area contributed by atoms with Crippen molar-refractivity contribution in [1.82, 2.24) is 0 Å². The molecule has 0 amide bonds.